The molecule has 8 heavy (non-hydrogen) atoms. The summed E-state index contributed by atoms with van der Waals surface area (Å²) in [5.41, 5.74) is 11.1. The number of rotatable bonds is 0. The molecule has 1 rings (SSSR count). The first-order chi connectivity index (χ1) is 3.30. The van der Waals surface area contributed by atoms with E-state index in [9.17, 15) is 0 Å². The molecule has 0 aliphatic heterocycles. The number of hydrogen-bond donors (Lipinski definition) is 2. The van der Waals surface area contributed by atoms with Crippen molar-refractivity contribution in [2.24, 2.45) is 11.5 Å². The van der Waals surface area contributed by atoms with Gasteiger partial charge in [-0.15, -0.1) is 12.4 Å². The van der Waals surface area contributed by atoms with Crippen molar-refractivity contribution in [3.05, 3.63) is 0 Å². The van der Waals surface area contributed by atoms with E-state index < -0.39 is 0 Å². The Morgan fingerprint density at radius 2 is 1.38 bits per heavy atom. The summed E-state index contributed by atoms with van der Waals surface area (Å²) in [4.78, 5) is 0. The van der Waals surface area contributed by atoms with E-state index in [2.05, 4.69) is 0 Å². The third kappa shape index (κ3) is 1.62. The molecule has 1 fully saturated rings. The van der Waals surface area contributed by atoms with Crippen LogP contribution in [-0.4, -0.2) is 12.1 Å². The first kappa shape index (κ1) is 8.21. The molecule has 0 saturated heterocycles. The fourth-order valence-corrected chi connectivity index (χ4v) is 1.02. The Morgan fingerprint density at radius 3 is 1.50 bits per heavy atom. The van der Waals surface area contributed by atoms with Gasteiger partial charge in [0.1, 0.15) is 0 Å². The summed E-state index contributed by atoms with van der Waals surface area (Å²) in [5, 5.41) is 0. The standard InChI is InChI=1S/C5H12N2.ClH/c6-4-2-1-3-5(4)7;/h4-5H,1-3,6-7H2;1H/t4-,5-;/m1./s1. The van der Waals surface area contributed by atoms with Crippen molar-refractivity contribution in [1.29, 1.82) is 0 Å². The van der Waals surface area contributed by atoms with Crippen LogP contribution in [0, 0.1) is 0 Å². The summed E-state index contributed by atoms with van der Waals surface area (Å²) in [6.07, 6.45) is 3.48. The van der Waals surface area contributed by atoms with Crippen molar-refractivity contribution in [3.8, 4) is 0 Å². The molecule has 2 nitrogen and oxygen atoms in total. The maximum atomic E-state index is 5.55. The second kappa shape index (κ2) is 3.28. The lowest BCUT2D eigenvalue weighted by Crippen LogP contribution is -2.35. The summed E-state index contributed by atoms with van der Waals surface area (Å²) < 4.78 is 0. The molecule has 1 aliphatic carbocycles. The van der Waals surface area contributed by atoms with Crippen LogP contribution < -0.4 is 11.5 Å². The summed E-state index contributed by atoms with van der Waals surface area (Å²) in [5.74, 6) is 0. The molecular weight excluding hydrogens is 124 g/mol. The van der Waals surface area contributed by atoms with Gasteiger partial charge in [0.2, 0.25) is 0 Å². The summed E-state index contributed by atoms with van der Waals surface area (Å²) in [6.45, 7) is 0. The quantitative estimate of drug-likeness (QED) is 0.502. The Labute approximate surface area is 56.0 Å². The molecule has 0 bridgehead atoms. The van der Waals surface area contributed by atoms with E-state index >= 15 is 0 Å². The second-order valence-electron chi connectivity index (χ2n) is 2.26. The molecule has 0 aromatic carbocycles. The van der Waals surface area contributed by atoms with Gasteiger partial charge in [-0.25, -0.2) is 0 Å². The van der Waals surface area contributed by atoms with Crippen molar-refractivity contribution >= 4 is 12.4 Å². The largest absolute Gasteiger partial charge is 0.326 e. The molecule has 3 heteroatoms. The van der Waals surface area contributed by atoms with Crippen LogP contribution in [0.25, 0.3) is 0 Å². The second-order valence-corrected chi connectivity index (χ2v) is 2.26. The average molecular weight is 137 g/mol. The minimum Gasteiger partial charge on any atom is -0.326 e. The smallest absolute Gasteiger partial charge is 0.0192 e. The van der Waals surface area contributed by atoms with Crippen LogP contribution in [0.4, 0.5) is 0 Å². The Hall–Kier alpha value is 0.210. The molecule has 1 saturated carbocycles. The fourth-order valence-electron chi connectivity index (χ4n) is 1.02. The number of nitrogens with two attached hydrogens (primary N) is 2. The van der Waals surface area contributed by atoms with Crippen molar-refractivity contribution in [3.63, 3.8) is 0 Å². The molecule has 50 valence electrons. The van der Waals surface area contributed by atoms with Gasteiger partial charge in [0.05, 0.1) is 0 Å². The zero-order valence-corrected chi connectivity index (χ0v) is 5.66. The molecule has 0 aromatic heterocycles. The Kier molecular flexibility index (Phi) is 3.36. The number of halogens is 1. The lowest BCUT2D eigenvalue weighted by Gasteiger charge is -2.05. The molecule has 0 unspecified atom stereocenters. The summed E-state index contributed by atoms with van der Waals surface area (Å²) in [6, 6.07) is 0.583. The maximum Gasteiger partial charge on any atom is 0.0192 e. The van der Waals surface area contributed by atoms with E-state index in [4.69, 9.17) is 11.5 Å². The van der Waals surface area contributed by atoms with Gasteiger partial charge >= 0.3 is 0 Å². The highest BCUT2D eigenvalue weighted by molar-refractivity contribution is 5.85. The van der Waals surface area contributed by atoms with Crippen LogP contribution in [0.5, 0.6) is 0 Å². The highest BCUT2D eigenvalue weighted by atomic mass is 35.5. The van der Waals surface area contributed by atoms with E-state index in [-0.39, 0.29) is 12.4 Å². The molecular formula is C5H13ClN2. The van der Waals surface area contributed by atoms with Crippen molar-refractivity contribution < 1.29 is 0 Å². The highest BCUT2D eigenvalue weighted by Crippen LogP contribution is 2.13. The van der Waals surface area contributed by atoms with E-state index in [1.807, 2.05) is 0 Å². The molecule has 4 N–H and O–H groups in total. The van der Waals surface area contributed by atoms with Crippen LogP contribution in [0.15, 0.2) is 0 Å². The third-order valence-corrected chi connectivity index (χ3v) is 1.62. The monoisotopic (exact) mass is 136 g/mol. The SMILES string of the molecule is Cl.N[C@@H]1CCC[C@H]1N. The molecule has 0 heterocycles. The predicted octanol–water partition coefficient (Wildman–Crippen LogP) is 0.247. The van der Waals surface area contributed by atoms with Crippen LogP contribution in [0.2, 0.25) is 0 Å². The normalized spacial score (nSPS) is 36.8. The minimum absolute atomic E-state index is 0. The lowest BCUT2D eigenvalue weighted by atomic mass is 10.2. The van der Waals surface area contributed by atoms with Crippen molar-refractivity contribution in [2.45, 2.75) is 31.3 Å². The van der Waals surface area contributed by atoms with Crippen LogP contribution in [-0.2, 0) is 0 Å². The Balaban J connectivity index is 0.000000490. The first-order valence-corrected chi connectivity index (χ1v) is 2.82. The zero-order chi connectivity index (χ0) is 5.28. The highest BCUT2D eigenvalue weighted by Gasteiger charge is 2.18. The average Bonchev–Trinajstić information content (AvgIpc) is 1.91. The van der Waals surface area contributed by atoms with Gasteiger partial charge in [0.25, 0.3) is 0 Å². The Bertz CT molecular complexity index is 59.4. The van der Waals surface area contributed by atoms with Crippen molar-refractivity contribution in [1.82, 2.24) is 0 Å². The van der Waals surface area contributed by atoms with Crippen LogP contribution >= 0.6 is 12.4 Å². The van der Waals surface area contributed by atoms with Gasteiger partial charge in [-0.1, -0.05) is 6.42 Å². The van der Waals surface area contributed by atoms with Gasteiger partial charge < -0.3 is 11.5 Å². The molecule has 0 amide bonds. The first-order valence-electron chi connectivity index (χ1n) is 2.82. The van der Waals surface area contributed by atoms with Crippen LogP contribution in [0.1, 0.15) is 19.3 Å². The predicted molar refractivity (Wildman–Crippen MR) is 37.0 cm³/mol. The molecule has 2 atom stereocenters. The van der Waals surface area contributed by atoms with Gasteiger partial charge in [-0.05, 0) is 12.8 Å². The third-order valence-electron chi connectivity index (χ3n) is 1.62. The maximum absolute atomic E-state index is 5.55. The molecule has 0 radical (unpaired) electrons. The summed E-state index contributed by atoms with van der Waals surface area (Å²) in [7, 11) is 0. The Morgan fingerprint density at radius 1 is 1.00 bits per heavy atom. The van der Waals surface area contributed by atoms with E-state index in [1.54, 1.807) is 0 Å². The lowest BCUT2D eigenvalue weighted by molar-refractivity contribution is 0.603. The number of hydrogen-bond acceptors (Lipinski definition) is 2. The van der Waals surface area contributed by atoms with Crippen LogP contribution in [0.3, 0.4) is 0 Å². The summed E-state index contributed by atoms with van der Waals surface area (Å²) >= 11 is 0. The van der Waals surface area contributed by atoms with E-state index in [1.165, 1.54) is 6.42 Å². The van der Waals surface area contributed by atoms with E-state index in [0.29, 0.717) is 12.1 Å². The molecule has 1 aliphatic rings. The van der Waals surface area contributed by atoms with Crippen molar-refractivity contribution in [2.75, 3.05) is 0 Å². The van der Waals surface area contributed by atoms with E-state index in [0.717, 1.165) is 12.8 Å². The van der Waals surface area contributed by atoms with Gasteiger partial charge in [0, 0.05) is 12.1 Å². The minimum atomic E-state index is 0. The van der Waals surface area contributed by atoms with Gasteiger partial charge in [-0.3, -0.25) is 0 Å². The fraction of sp³-hybridized carbons (Fsp3) is 1.00. The van der Waals surface area contributed by atoms with Gasteiger partial charge in [0.15, 0.2) is 0 Å². The van der Waals surface area contributed by atoms with Gasteiger partial charge in [-0.2, -0.15) is 0 Å². The molecule has 0 aromatic rings. The zero-order valence-electron chi connectivity index (χ0n) is 4.84. The topological polar surface area (TPSA) is 52.0 Å². The molecule has 0 spiro atoms.